The molecule has 0 N–H and O–H groups in total. The number of carbonyl (C=O) groups excluding carboxylic acids is 3. The first-order chi connectivity index (χ1) is 16.8. The van der Waals surface area contributed by atoms with E-state index >= 15 is 0 Å². The Morgan fingerprint density at radius 1 is 1.11 bits per heavy atom. The van der Waals surface area contributed by atoms with E-state index in [9.17, 15) is 14.4 Å². The number of ether oxygens (including phenoxy) is 2. The summed E-state index contributed by atoms with van der Waals surface area (Å²) < 4.78 is 10.4. The van der Waals surface area contributed by atoms with Gasteiger partial charge in [0.05, 0.1) is 35.4 Å². The van der Waals surface area contributed by atoms with Gasteiger partial charge in [0.1, 0.15) is 18.6 Å². The molecule has 0 aliphatic heterocycles. The van der Waals surface area contributed by atoms with Gasteiger partial charge in [-0.3, -0.25) is 9.59 Å². The average molecular weight is 512 g/mol. The zero-order valence-electron chi connectivity index (χ0n) is 19.2. The number of esters is 1. The molecule has 3 aromatic carbocycles. The van der Waals surface area contributed by atoms with Crippen molar-refractivity contribution in [2.75, 3.05) is 27.3 Å². The molecule has 0 saturated carbocycles. The highest BCUT2D eigenvalue weighted by Crippen LogP contribution is 2.34. The average Bonchev–Trinajstić information content (AvgIpc) is 2.87. The van der Waals surface area contributed by atoms with Gasteiger partial charge in [-0.1, -0.05) is 59.5 Å². The molecule has 180 valence electrons. The molecular weight excluding hydrogens is 489 g/mol. The number of nitrogens with zero attached hydrogens (tertiary/aromatic N) is 1. The summed E-state index contributed by atoms with van der Waals surface area (Å²) in [5, 5.41) is 2.05. The molecule has 0 saturated heterocycles. The van der Waals surface area contributed by atoms with E-state index in [2.05, 4.69) is 5.92 Å². The van der Waals surface area contributed by atoms with Crippen LogP contribution in [0.15, 0.2) is 48.5 Å². The van der Waals surface area contributed by atoms with Crippen molar-refractivity contribution in [3.8, 4) is 18.1 Å². The SMILES string of the molecule is C#Cc1cc2ccccc2c(C(=O)N(CC(=O)OC)CC(CC=O)c2ccc(Cl)c(Cl)c2)c1OC. The second-order valence-corrected chi connectivity index (χ2v) is 8.55. The van der Waals surface area contributed by atoms with Gasteiger partial charge in [-0.2, -0.15) is 0 Å². The lowest BCUT2D eigenvalue weighted by Gasteiger charge is -2.28. The fourth-order valence-electron chi connectivity index (χ4n) is 3.92. The molecule has 35 heavy (non-hydrogen) atoms. The maximum absolute atomic E-state index is 14.0. The predicted octanol–water partition coefficient (Wildman–Crippen LogP) is 5.12. The molecule has 6 nitrogen and oxygen atoms in total. The Morgan fingerprint density at radius 3 is 2.49 bits per heavy atom. The maximum Gasteiger partial charge on any atom is 0.325 e. The quantitative estimate of drug-likeness (QED) is 0.226. The number of halogens is 2. The molecule has 0 aromatic heterocycles. The minimum absolute atomic E-state index is 0.0302. The van der Waals surface area contributed by atoms with Gasteiger partial charge in [0.15, 0.2) is 0 Å². The first kappa shape index (κ1) is 26.1. The number of amides is 1. The van der Waals surface area contributed by atoms with Crippen molar-refractivity contribution in [1.82, 2.24) is 4.90 Å². The summed E-state index contributed by atoms with van der Waals surface area (Å²) in [6.07, 6.45) is 6.54. The molecule has 1 unspecified atom stereocenters. The van der Waals surface area contributed by atoms with E-state index in [1.807, 2.05) is 12.1 Å². The molecule has 0 fully saturated rings. The number of aldehydes is 1. The number of rotatable bonds is 9. The highest BCUT2D eigenvalue weighted by Gasteiger charge is 2.29. The Morgan fingerprint density at radius 2 is 1.86 bits per heavy atom. The lowest BCUT2D eigenvalue weighted by molar-refractivity contribution is -0.141. The van der Waals surface area contributed by atoms with Gasteiger partial charge in [0, 0.05) is 18.9 Å². The fourth-order valence-corrected chi connectivity index (χ4v) is 4.23. The molecule has 0 bridgehead atoms. The van der Waals surface area contributed by atoms with Crippen LogP contribution in [-0.4, -0.2) is 50.4 Å². The molecule has 0 spiro atoms. The monoisotopic (exact) mass is 511 g/mol. The van der Waals surface area contributed by atoms with Crippen molar-refractivity contribution in [3.05, 3.63) is 75.3 Å². The van der Waals surface area contributed by atoms with Gasteiger partial charge in [-0.05, 0) is 34.5 Å². The number of hydrogen-bond donors (Lipinski definition) is 0. The predicted molar refractivity (Wildman–Crippen MR) is 136 cm³/mol. The van der Waals surface area contributed by atoms with Gasteiger partial charge < -0.3 is 19.2 Å². The van der Waals surface area contributed by atoms with Crippen molar-refractivity contribution in [1.29, 1.82) is 0 Å². The van der Waals surface area contributed by atoms with Crippen molar-refractivity contribution < 1.29 is 23.9 Å². The summed E-state index contributed by atoms with van der Waals surface area (Å²) in [4.78, 5) is 39.1. The van der Waals surface area contributed by atoms with Crippen LogP contribution in [0.3, 0.4) is 0 Å². The highest BCUT2D eigenvalue weighted by molar-refractivity contribution is 6.42. The van der Waals surface area contributed by atoms with Crippen LogP contribution in [0.1, 0.15) is 33.8 Å². The summed E-state index contributed by atoms with van der Waals surface area (Å²) >= 11 is 12.2. The third kappa shape index (κ3) is 5.76. The van der Waals surface area contributed by atoms with E-state index in [-0.39, 0.29) is 30.8 Å². The highest BCUT2D eigenvalue weighted by atomic mass is 35.5. The van der Waals surface area contributed by atoms with E-state index in [1.54, 1.807) is 36.4 Å². The number of methoxy groups -OCH3 is 2. The first-order valence-corrected chi connectivity index (χ1v) is 11.4. The minimum Gasteiger partial charge on any atom is -0.495 e. The van der Waals surface area contributed by atoms with Crippen molar-refractivity contribution >= 4 is 52.1 Å². The van der Waals surface area contributed by atoms with Gasteiger partial charge in [-0.15, -0.1) is 6.42 Å². The maximum atomic E-state index is 14.0. The van der Waals surface area contributed by atoms with Crippen LogP contribution in [0, 0.1) is 12.3 Å². The van der Waals surface area contributed by atoms with Crippen LogP contribution in [0.4, 0.5) is 0 Å². The fraction of sp³-hybridized carbons (Fsp3) is 0.222. The summed E-state index contributed by atoms with van der Waals surface area (Å²) in [6, 6.07) is 14.0. The number of hydrogen-bond acceptors (Lipinski definition) is 5. The Hall–Kier alpha value is -3.53. The van der Waals surface area contributed by atoms with Crippen LogP contribution in [0.25, 0.3) is 10.8 Å². The molecule has 0 aliphatic rings. The normalized spacial score (nSPS) is 11.4. The van der Waals surface area contributed by atoms with E-state index in [0.29, 0.717) is 26.6 Å². The van der Waals surface area contributed by atoms with E-state index in [1.165, 1.54) is 19.1 Å². The van der Waals surface area contributed by atoms with Crippen LogP contribution >= 0.6 is 23.2 Å². The number of fused-ring (bicyclic) bond motifs is 1. The molecule has 0 heterocycles. The smallest absolute Gasteiger partial charge is 0.325 e. The molecule has 3 aromatic rings. The third-order valence-electron chi connectivity index (χ3n) is 5.65. The van der Waals surface area contributed by atoms with Crippen LogP contribution in [0.2, 0.25) is 10.0 Å². The first-order valence-electron chi connectivity index (χ1n) is 10.7. The Bertz CT molecular complexity index is 1310. The molecule has 1 atom stereocenters. The lowest BCUT2D eigenvalue weighted by atomic mass is 9.94. The van der Waals surface area contributed by atoms with E-state index < -0.39 is 17.8 Å². The van der Waals surface area contributed by atoms with Crippen LogP contribution < -0.4 is 4.74 Å². The Labute approximate surface area is 213 Å². The third-order valence-corrected chi connectivity index (χ3v) is 6.39. The van der Waals surface area contributed by atoms with E-state index in [4.69, 9.17) is 39.1 Å². The Balaban J connectivity index is 2.14. The molecule has 1 amide bonds. The second-order valence-electron chi connectivity index (χ2n) is 7.73. The van der Waals surface area contributed by atoms with Gasteiger partial charge in [0.2, 0.25) is 0 Å². The summed E-state index contributed by atoms with van der Waals surface area (Å²) in [5.41, 5.74) is 1.33. The molecule has 3 rings (SSSR count). The van der Waals surface area contributed by atoms with Crippen molar-refractivity contribution in [3.63, 3.8) is 0 Å². The molecule has 0 aliphatic carbocycles. The zero-order chi connectivity index (χ0) is 25.5. The van der Waals surface area contributed by atoms with Crippen molar-refractivity contribution in [2.45, 2.75) is 12.3 Å². The largest absolute Gasteiger partial charge is 0.495 e. The lowest BCUT2D eigenvalue weighted by Crippen LogP contribution is -2.39. The zero-order valence-corrected chi connectivity index (χ0v) is 20.7. The standard InChI is InChI=1S/C27H23Cl2NO5/c1-4-17-13-19-7-5-6-8-21(19)25(26(17)35-3)27(33)30(16-24(32)34-2)15-20(11-12-31)18-9-10-22(28)23(29)14-18/h1,5-10,12-14,20H,11,15-16H2,2-3H3. The number of benzene rings is 3. The van der Waals surface area contributed by atoms with Gasteiger partial charge >= 0.3 is 5.97 Å². The van der Waals surface area contributed by atoms with E-state index in [0.717, 1.165) is 11.7 Å². The number of terminal acetylenes is 1. The van der Waals surface area contributed by atoms with Gasteiger partial charge in [-0.25, -0.2) is 0 Å². The van der Waals surface area contributed by atoms with Crippen LogP contribution in [-0.2, 0) is 14.3 Å². The molecule has 0 radical (unpaired) electrons. The van der Waals surface area contributed by atoms with Crippen molar-refractivity contribution in [2.24, 2.45) is 0 Å². The summed E-state index contributed by atoms with van der Waals surface area (Å²) in [7, 11) is 2.67. The second kappa shape index (κ2) is 11.7. The minimum atomic E-state index is -0.617. The molecule has 8 heteroatoms. The topological polar surface area (TPSA) is 72.9 Å². The summed E-state index contributed by atoms with van der Waals surface area (Å²) in [6.45, 7) is -0.313. The van der Waals surface area contributed by atoms with Gasteiger partial charge in [0.25, 0.3) is 5.91 Å². The van der Waals surface area contributed by atoms with Crippen LogP contribution in [0.5, 0.6) is 5.75 Å². The summed E-state index contributed by atoms with van der Waals surface area (Å²) in [5.74, 6) is 1.23. The Kier molecular flexibility index (Phi) is 8.75. The molecular formula is C27H23Cl2NO5. The number of carbonyl (C=O) groups is 3.